The number of rotatable bonds is 5. The molecule has 0 atom stereocenters. The first-order valence-corrected chi connectivity index (χ1v) is 11.3. The Morgan fingerprint density at radius 3 is 2.07 bits per heavy atom. The first-order chi connectivity index (χ1) is 14.7. The maximum Gasteiger partial charge on any atom is 0.254 e. The number of thiophene rings is 1. The summed E-state index contributed by atoms with van der Waals surface area (Å²) < 4.78 is 0. The Labute approximate surface area is 181 Å². The van der Waals surface area contributed by atoms with Crippen molar-refractivity contribution in [2.75, 3.05) is 12.4 Å². The van der Waals surface area contributed by atoms with Gasteiger partial charge in [0.05, 0.1) is 11.5 Å². The quantitative estimate of drug-likeness (QED) is 0.563. The van der Waals surface area contributed by atoms with Crippen LogP contribution in [0.15, 0.2) is 60.7 Å². The van der Waals surface area contributed by atoms with E-state index in [1.807, 2.05) is 60.7 Å². The van der Waals surface area contributed by atoms with Crippen molar-refractivity contribution >= 4 is 28.2 Å². The number of hydrogen-bond donors (Lipinski definition) is 2. The van der Waals surface area contributed by atoms with E-state index < -0.39 is 5.92 Å². The van der Waals surface area contributed by atoms with Crippen molar-refractivity contribution < 1.29 is 9.59 Å². The molecule has 30 heavy (non-hydrogen) atoms. The minimum atomic E-state index is -0.438. The summed E-state index contributed by atoms with van der Waals surface area (Å²) in [6, 6.07) is 19.6. The standard InChI is InChI=1S/C25H26N2O2S/c1-26-23(28)22-19-15-9-4-10-16-20(19)30-25(22)27-24(29)21(17-11-5-2-6-12-17)18-13-7-3-8-14-18/h2-3,5-8,11-14,21H,4,9-10,15-16H2,1H3,(H,26,28)(H,27,29). The van der Waals surface area contributed by atoms with Crippen LogP contribution in [0.1, 0.15) is 57.1 Å². The number of benzene rings is 2. The van der Waals surface area contributed by atoms with Crippen LogP contribution in [0.25, 0.3) is 0 Å². The Hall–Kier alpha value is -2.92. The summed E-state index contributed by atoms with van der Waals surface area (Å²) in [5, 5.41) is 6.55. The average Bonchev–Trinajstić information content (AvgIpc) is 2.95. The van der Waals surface area contributed by atoms with Crippen LogP contribution >= 0.6 is 11.3 Å². The second-order valence-electron chi connectivity index (χ2n) is 7.59. The molecule has 0 saturated heterocycles. The van der Waals surface area contributed by atoms with E-state index in [2.05, 4.69) is 10.6 Å². The lowest BCUT2D eigenvalue weighted by Crippen LogP contribution is -2.25. The van der Waals surface area contributed by atoms with Gasteiger partial charge in [-0.05, 0) is 42.4 Å². The van der Waals surface area contributed by atoms with Crippen LogP contribution in [0.3, 0.4) is 0 Å². The zero-order valence-corrected chi connectivity index (χ0v) is 17.9. The lowest BCUT2D eigenvalue weighted by atomic mass is 9.90. The summed E-state index contributed by atoms with van der Waals surface area (Å²) in [7, 11) is 1.64. The van der Waals surface area contributed by atoms with Gasteiger partial charge in [-0.2, -0.15) is 0 Å². The number of carbonyl (C=O) groups excluding carboxylic acids is 2. The van der Waals surface area contributed by atoms with Gasteiger partial charge in [0, 0.05) is 11.9 Å². The molecular weight excluding hydrogens is 392 g/mol. The predicted molar refractivity (Wildman–Crippen MR) is 122 cm³/mol. The Morgan fingerprint density at radius 1 is 0.867 bits per heavy atom. The fraction of sp³-hybridized carbons (Fsp3) is 0.280. The molecule has 4 nitrogen and oxygen atoms in total. The third-order valence-corrected chi connectivity index (χ3v) is 6.85. The molecule has 1 aliphatic rings. The molecule has 0 aliphatic heterocycles. The summed E-state index contributed by atoms with van der Waals surface area (Å²) in [6.07, 6.45) is 5.26. The third-order valence-electron chi connectivity index (χ3n) is 5.64. The summed E-state index contributed by atoms with van der Waals surface area (Å²) >= 11 is 1.56. The van der Waals surface area contributed by atoms with Crippen molar-refractivity contribution in [1.29, 1.82) is 0 Å². The van der Waals surface area contributed by atoms with E-state index in [1.54, 1.807) is 18.4 Å². The Kier molecular flexibility index (Phi) is 6.29. The molecule has 4 rings (SSSR count). The maximum absolute atomic E-state index is 13.5. The van der Waals surface area contributed by atoms with E-state index in [4.69, 9.17) is 0 Å². The molecule has 0 fully saturated rings. The van der Waals surface area contributed by atoms with Gasteiger partial charge in [-0.3, -0.25) is 9.59 Å². The molecule has 2 amide bonds. The SMILES string of the molecule is CNC(=O)c1c(NC(=O)C(c2ccccc2)c2ccccc2)sc2c1CCCCC2. The fourth-order valence-electron chi connectivity index (χ4n) is 4.17. The van der Waals surface area contributed by atoms with Gasteiger partial charge >= 0.3 is 0 Å². The van der Waals surface area contributed by atoms with Gasteiger partial charge in [-0.25, -0.2) is 0 Å². The van der Waals surface area contributed by atoms with Crippen LogP contribution in [-0.2, 0) is 17.6 Å². The summed E-state index contributed by atoms with van der Waals surface area (Å²) in [6.45, 7) is 0. The van der Waals surface area contributed by atoms with E-state index >= 15 is 0 Å². The Morgan fingerprint density at radius 2 is 1.47 bits per heavy atom. The van der Waals surface area contributed by atoms with Crippen LogP contribution in [0.4, 0.5) is 5.00 Å². The van der Waals surface area contributed by atoms with Gasteiger partial charge in [0.25, 0.3) is 5.91 Å². The largest absolute Gasteiger partial charge is 0.355 e. The highest BCUT2D eigenvalue weighted by molar-refractivity contribution is 7.17. The predicted octanol–water partition coefficient (Wildman–Crippen LogP) is 5.15. The molecule has 2 aromatic carbocycles. The van der Waals surface area contributed by atoms with Gasteiger partial charge in [0.15, 0.2) is 0 Å². The number of amides is 2. The highest BCUT2D eigenvalue weighted by atomic mass is 32.1. The number of carbonyl (C=O) groups is 2. The van der Waals surface area contributed by atoms with Crippen molar-refractivity contribution in [1.82, 2.24) is 5.32 Å². The van der Waals surface area contributed by atoms with Gasteiger partial charge in [0.1, 0.15) is 5.00 Å². The van der Waals surface area contributed by atoms with Crippen molar-refractivity contribution in [3.05, 3.63) is 87.8 Å². The molecule has 0 saturated carbocycles. The van der Waals surface area contributed by atoms with Crippen molar-refractivity contribution in [3.8, 4) is 0 Å². The van der Waals surface area contributed by atoms with E-state index in [9.17, 15) is 9.59 Å². The molecule has 0 spiro atoms. The van der Waals surface area contributed by atoms with Gasteiger partial charge in [-0.1, -0.05) is 67.1 Å². The Balaban J connectivity index is 1.72. The minimum absolute atomic E-state index is 0.117. The molecule has 5 heteroatoms. The average molecular weight is 419 g/mol. The molecule has 3 aromatic rings. The second kappa shape index (κ2) is 9.26. The molecule has 0 bridgehead atoms. The van der Waals surface area contributed by atoms with Crippen molar-refractivity contribution in [2.45, 2.75) is 38.0 Å². The highest BCUT2D eigenvalue weighted by Crippen LogP contribution is 2.38. The number of nitrogens with one attached hydrogen (secondary N) is 2. The zero-order valence-electron chi connectivity index (χ0n) is 17.1. The number of fused-ring (bicyclic) bond motifs is 1. The molecular formula is C25H26N2O2S. The molecule has 0 radical (unpaired) electrons. The van der Waals surface area contributed by atoms with E-state index in [1.165, 1.54) is 11.3 Å². The van der Waals surface area contributed by atoms with E-state index in [0.717, 1.165) is 42.4 Å². The first-order valence-electron chi connectivity index (χ1n) is 10.5. The minimum Gasteiger partial charge on any atom is -0.355 e. The molecule has 2 N–H and O–H groups in total. The van der Waals surface area contributed by atoms with Gasteiger partial charge < -0.3 is 10.6 Å². The molecule has 1 aliphatic carbocycles. The second-order valence-corrected chi connectivity index (χ2v) is 8.70. The monoisotopic (exact) mass is 418 g/mol. The lowest BCUT2D eigenvalue weighted by molar-refractivity contribution is -0.116. The lowest BCUT2D eigenvalue weighted by Gasteiger charge is -2.18. The number of anilines is 1. The maximum atomic E-state index is 13.5. The summed E-state index contributed by atoms with van der Waals surface area (Å²) in [4.78, 5) is 27.5. The highest BCUT2D eigenvalue weighted by Gasteiger charge is 2.28. The van der Waals surface area contributed by atoms with Crippen LogP contribution in [0.2, 0.25) is 0 Å². The molecule has 1 heterocycles. The summed E-state index contributed by atoms with van der Waals surface area (Å²) in [5.74, 6) is -0.679. The van der Waals surface area contributed by atoms with Crippen LogP contribution in [0.5, 0.6) is 0 Å². The van der Waals surface area contributed by atoms with Crippen molar-refractivity contribution in [2.24, 2.45) is 0 Å². The smallest absolute Gasteiger partial charge is 0.254 e. The number of aryl methyl sites for hydroxylation is 1. The third kappa shape index (κ3) is 4.17. The fourth-order valence-corrected chi connectivity index (χ4v) is 5.46. The van der Waals surface area contributed by atoms with Gasteiger partial charge in [-0.15, -0.1) is 11.3 Å². The van der Waals surface area contributed by atoms with Crippen LogP contribution in [0, 0.1) is 0 Å². The first kappa shape index (κ1) is 20.4. The van der Waals surface area contributed by atoms with E-state index in [0.29, 0.717) is 10.6 Å². The molecule has 154 valence electrons. The summed E-state index contributed by atoms with van der Waals surface area (Å²) in [5.41, 5.74) is 3.62. The number of hydrogen-bond acceptors (Lipinski definition) is 3. The van der Waals surface area contributed by atoms with Gasteiger partial charge in [0.2, 0.25) is 5.91 Å². The van der Waals surface area contributed by atoms with Crippen molar-refractivity contribution in [3.63, 3.8) is 0 Å². The Bertz CT molecular complexity index is 989. The normalized spacial score (nSPS) is 13.4. The molecule has 1 aromatic heterocycles. The topological polar surface area (TPSA) is 58.2 Å². The van der Waals surface area contributed by atoms with Crippen LogP contribution in [-0.4, -0.2) is 18.9 Å². The zero-order chi connectivity index (χ0) is 20.9. The van der Waals surface area contributed by atoms with Crippen LogP contribution < -0.4 is 10.6 Å². The molecule has 0 unspecified atom stereocenters. The van der Waals surface area contributed by atoms with E-state index in [-0.39, 0.29) is 11.8 Å².